The Morgan fingerprint density at radius 3 is 2.17 bits per heavy atom. The second-order valence-corrected chi connectivity index (χ2v) is 5.11. The number of carbonyl (C=O) groups is 1. The summed E-state index contributed by atoms with van der Waals surface area (Å²) in [6.07, 6.45) is 0. The van der Waals surface area contributed by atoms with Crippen LogP contribution >= 0.6 is 0 Å². The molecule has 1 aliphatic rings. The molecule has 0 atom stereocenters. The smallest absolute Gasteiger partial charge is 0.335 e. The Balaban J connectivity index is 0.000000168. The SMILES string of the molecule is COc1ccc(C(=O)O)cc1.c1ccc(N2CCNCC2)cc1. The van der Waals surface area contributed by atoms with Gasteiger partial charge in [0.05, 0.1) is 12.7 Å². The number of hydrogen-bond acceptors (Lipinski definition) is 4. The van der Waals surface area contributed by atoms with Crippen molar-refractivity contribution in [3.63, 3.8) is 0 Å². The van der Waals surface area contributed by atoms with E-state index < -0.39 is 5.97 Å². The molecule has 0 spiro atoms. The van der Waals surface area contributed by atoms with E-state index in [-0.39, 0.29) is 5.56 Å². The number of methoxy groups -OCH3 is 1. The molecule has 1 aliphatic heterocycles. The molecule has 0 aromatic heterocycles. The minimum atomic E-state index is -0.923. The second-order valence-electron chi connectivity index (χ2n) is 5.11. The number of piperazine rings is 1. The van der Waals surface area contributed by atoms with Crippen LogP contribution < -0.4 is 15.0 Å². The molecule has 1 heterocycles. The summed E-state index contributed by atoms with van der Waals surface area (Å²) in [5.74, 6) is -0.261. The van der Waals surface area contributed by atoms with Crippen LogP contribution in [0.15, 0.2) is 54.6 Å². The molecule has 2 aromatic carbocycles. The zero-order valence-electron chi connectivity index (χ0n) is 13.2. The van der Waals surface area contributed by atoms with Crippen molar-refractivity contribution in [2.24, 2.45) is 0 Å². The van der Waals surface area contributed by atoms with Gasteiger partial charge in [-0.3, -0.25) is 0 Å². The van der Waals surface area contributed by atoms with Gasteiger partial charge in [-0.05, 0) is 36.4 Å². The maximum Gasteiger partial charge on any atom is 0.335 e. The molecule has 0 aliphatic carbocycles. The number of aromatic carboxylic acids is 1. The zero-order valence-corrected chi connectivity index (χ0v) is 13.2. The van der Waals surface area contributed by atoms with Gasteiger partial charge in [0.15, 0.2) is 0 Å². The molecule has 3 rings (SSSR count). The third-order valence-corrected chi connectivity index (χ3v) is 3.58. The number of ether oxygens (including phenoxy) is 1. The lowest BCUT2D eigenvalue weighted by atomic mass is 10.2. The quantitative estimate of drug-likeness (QED) is 0.911. The predicted molar refractivity (Wildman–Crippen MR) is 91.5 cm³/mol. The number of benzene rings is 2. The first kappa shape index (κ1) is 16.8. The highest BCUT2D eigenvalue weighted by Gasteiger charge is 2.08. The second kappa shape index (κ2) is 8.80. The Kier molecular flexibility index (Phi) is 6.44. The molecule has 1 fully saturated rings. The van der Waals surface area contributed by atoms with Crippen molar-refractivity contribution in [2.75, 3.05) is 38.2 Å². The van der Waals surface area contributed by atoms with Crippen molar-refractivity contribution in [3.05, 3.63) is 60.2 Å². The van der Waals surface area contributed by atoms with Crippen molar-refractivity contribution in [1.29, 1.82) is 0 Å². The number of hydrogen-bond donors (Lipinski definition) is 2. The molecule has 122 valence electrons. The van der Waals surface area contributed by atoms with E-state index in [0.717, 1.165) is 26.2 Å². The Bertz CT molecular complexity index is 593. The van der Waals surface area contributed by atoms with E-state index in [4.69, 9.17) is 9.84 Å². The molecule has 5 nitrogen and oxygen atoms in total. The number of nitrogens with one attached hydrogen (secondary N) is 1. The zero-order chi connectivity index (χ0) is 16.5. The van der Waals surface area contributed by atoms with Gasteiger partial charge in [0.25, 0.3) is 0 Å². The molecule has 0 amide bonds. The van der Waals surface area contributed by atoms with Gasteiger partial charge in [-0.1, -0.05) is 18.2 Å². The van der Waals surface area contributed by atoms with E-state index in [9.17, 15) is 4.79 Å². The van der Waals surface area contributed by atoms with Crippen molar-refractivity contribution in [2.45, 2.75) is 0 Å². The number of anilines is 1. The molecule has 0 radical (unpaired) electrons. The van der Waals surface area contributed by atoms with Crippen LogP contribution in [0.3, 0.4) is 0 Å². The topological polar surface area (TPSA) is 61.8 Å². The molecular formula is C18H22N2O3. The lowest BCUT2D eigenvalue weighted by molar-refractivity contribution is 0.0697. The number of carboxylic acid groups (broad SMARTS) is 1. The van der Waals surface area contributed by atoms with Crippen LogP contribution in [0.25, 0.3) is 0 Å². The van der Waals surface area contributed by atoms with Gasteiger partial charge < -0.3 is 20.1 Å². The minimum Gasteiger partial charge on any atom is -0.497 e. The maximum absolute atomic E-state index is 10.4. The largest absolute Gasteiger partial charge is 0.497 e. The first-order valence-corrected chi connectivity index (χ1v) is 7.59. The van der Waals surface area contributed by atoms with E-state index >= 15 is 0 Å². The van der Waals surface area contributed by atoms with Crippen molar-refractivity contribution >= 4 is 11.7 Å². The summed E-state index contributed by atoms with van der Waals surface area (Å²) >= 11 is 0. The Hall–Kier alpha value is -2.53. The van der Waals surface area contributed by atoms with Gasteiger partial charge in [-0.2, -0.15) is 0 Å². The third-order valence-electron chi connectivity index (χ3n) is 3.58. The lowest BCUT2D eigenvalue weighted by Crippen LogP contribution is -2.43. The molecule has 1 saturated heterocycles. The molecule has 0 saturated carbocycles. The van der Waals surface area contributed by atoms with E-state index in [1.807, 2.05) is 0 Å². The number of rotatable bonds is 3. The molecule has 0 bridgehead atoms. The molecule has 2 N–H and O–H groups in total. The summed E-state index contributed by atoms with van der Waals surface area (Å²) in [5.41, 5.74) is 1.62. The summed E-state index contributed by atoms with van der Waals surface area (Å²) < 4.78 is 4.86. The van der Waals surface area contributed by atoms with Crippen LogP contribution in [0.4, 0.5) is 5.69 Å². The first-order valence-electron chi connectivity index (χ1n) is 7.59. The average molecular weight is 314 g/mol. The van der Waals surface area contributed by atoms with Gasteiger partial charge in [0.2, 0.25) is 0 Å². The Labute approximate surface area is 136 Å². The number of carboxylic acids is 1. The lowest BCUT2D eigenvalue weighted by Gasteiger charge is -2.29. The predicted octanol–water partition coefficient (Wildman–Crippen LogP) is 2.49. The van der Waals surface area contributed by atoms with Crippen molar-refractivity contribution in [1.82, 2.24) is 5.32 Å². The standard InChI is InChI=1S/C10H14N2.C8H8O3/c1-2-4-10(5-3-1)12-8-6-11-7-9-12;1-11-7-4-2-6(3-5-7)8(9)10/h1-5,11H,6-9H2;2-5H,1H3,(H,9,10). The van der Waals surface area contributed by atoms with Crippen LogP contribution in [0.2, 0.25) is 0 Å². The molecule has 23 heavy (non-hydrogen) atoms. The van der Waals surface area contributed by atoms with Gasteiger partial charge in [-0.15, -0.1) is 0 Å². The third kappa shape index (κ3) is 5.30. The van der Waals surface area contributed by atoms with Crippen molar-refractivity contribution in [3.8, 4) is 5.75 Å². The van der Waals surface area contributed by atoms with Crippen LogP contribution in [0.1, 0.15) is 10.4 Å². The Morgan fingerprint density at radius 2 is 1.65 bits per heavy atom. The van der Waals surface area contributed by atoms with E-state index in [1.165, 1.54) is 24.9 Å². The van der Waals surface area contributed by atoms with E-state index in [1.54, 1.807) is 12.1 Å². The Morgan fingerprint density at radius 1 is 1.04 bits per heavy atom. The average Bonchev–Trinajstić information content (AvgIpc) is 2.64. The highest BCUT2D eigenvalue weighted by Crippen LogP contribution is 2.13. The highest BCUT2D eigenvalue weighted by molar-refractivity contribution is 5.87. The van der Waals surface area contributed by atoms with Crippen LogP contribution in [-0.2, 0) is 0 Å². The fourth-order valence-corrected chi connectivity index (χ4v) is 2.30. The van der Waals surface area contributed by atoms with Crippen LogP contribution in [0.5, 0.6) is 5.75 Å². The molecule has 2 aromatic rings. The minimum absolute atomic E-state index is 0.269. The van der Waals surface area contributed by atoms with Crippen LogP contribution in [-0.4, -0.2) is 44.4 Å². The van der Waals surface area contributed by atoms with Gasteiger partial charge >= 0.3 is 5.97 Å². The summed E-state index contributed by atoms with van der Waals surface area (Å²) in [5, 5.41) is 11.9. The number of nitrogens with zero attached hydrogens (tertiary/aromatic N) is 1. The van der Waals surface area contributed by atoms with Gasteiger partial charge in [0.1, 0.15) is 5.75 Å². The molecule has 0 unspecified atom stereocenters. The number of para-hydroxylation sites is 1. The summed E-state index contributed by atoms with van der Waals surface area (Å²) in [6, 6.07) is 16.8. The fourth-order valence-electron chi connectivity index (χ4n) is 2.30. The summed E-state index contributed by atoms with van der Waals surface area (Å²) in [4.78, 5) is 12.8. The summed E-state index contributed by atoms with van der Waals surface area (Å²) in [6.45, 7) is 4.47. The maximum atomic E-state index is 10.4. The van der Waals surface area contributed by atoms with E-state index in [2.05, 4.69) is 40.5 Å². The molecule has 5 heteroatoms. The van der Waals surface area contributed by atoms with Crippen LogP contribution in [0, 0.1) is 0 Å². The normalized spacial score (nSPS) is 13.7. The molecular weight excluding hydrogens is 292 g/mol. The fraction of sp³-hybridized carbons (Fsp3) is 0.278. The first-order chi connectivity index (χ1) is 11.2. The van der Waals surface area contributed by atoms with Gasteiger partial charge in [-0.25, -0.2) is 4.79 Å². The highest BCUT2D eigenvalue weighted by atomic mass is 16.5. The van der Waals surface area contributed by atoms with E-state index in [0.29, 0.717) is 5.75 Å². The summed E-state index contributed by atoms with van der Waals surface area (Å²) in [7, 11) is 1.54. The monoisotopic (exact) mass is 314 g/mol. The van der Waals surface area contributed by atoms with Crippen molar-refractivity contribution < 1.29 is 14.6 Å². The van der Waals surface area contributed by atoms with Gasteiger partial charge in [0, 0.05) is 31.9 Å².